The summed E-state index contributed by atoms with van der Waals surface area (Å²) in [6.45, 7) is 3.90. The molecule has 2 rings (SSSR count). The Kier molecular flexibility index (Phi) is 3.75. The number of nitrogens with zero attached hydrogens (tertiary/aromatic N) is 2. The van der Waals surface area contributed by atoms with E-state index in [2.05, 4.69) is 15.3 Å². The van der Waals surface area contributed by atoms with Crippen LogP contribution in [0.15, 0.2) is 30.7 Å². The lowest BCUT2D eigenvalue weighted by molar-refractivity contribution is 0.102. The van der Waals surface area contributed by atoms with Crippen molar-refractivity contribution in [2.45, 2.75) is 13.8 Å². The number of hydrogen-bond donors (Lipinski definition) is 1. The number of hydrogen-bond acceptors (Lipinski definition) is 4. The average Bonchev–Trinajstić information content (AvgIpc) is 2.39. The van der Waals surface area contributed by atoms with Crippen LogP contribution < -0.4 is 10.1 Å². The monoisotopic (exact) mass is 257 g/mol. The Morgan fingerprint density at radius 3 is 2.68 bits per heavy atom. The SMILES string of the molecule is COc1c(C)cc(C)cc1NC(=O)c1cnccn1. The lowest BCUT2D eigenvalue weighted by Gasteiger charge is -2.13. The minimum absolute atomic E-state index is 0.267. The van der Waals surface area contributed by atoms with E-state index in [-0.39, 0.29) is 11.6 Å². The fourth-order valence-corrected chi connectivity index (χ4v) is 1.92. The molecule has 1 amide bonds. The highest BCUT2D eigenvalue weighted by molar-refractivity contribution is 6.03. The van der Waals surface area contributed by atoms with Crippen molar-refractivity contribution in [3.63, 3.8) is 0 Å². The molecule has 1 heterocycles. The number of carbonyl (C=O) groups is 1. The van der Waals surface area contributed by atoms with Gasteiger partial charge < -0.3 is 10.1 Å². The maximum Gasteiger partial charge on any atom is 0.275 e. The molecule has 0 saturated carbocycles. The van der Waals surface area contributed by atoms with Crippen LogP contribution in [0.25, 0.3) is 0 Å². The van der Waals surface area contributed by atoms with Crippen LogP contribution in [0.1, 0.15) is 21.6 Å². The predicted octanol–water partition coefficient (Wildman–Crippen LogP) is 2.35. The summed E-state index contributed by atoms with van der Waals surface area (Å²) in [5, 5.41) is 2.79. The third kappa shape index (κ3) is 2.88. The van der Waals surface area contributed by atoms with Gasteiger partial charge in [-0.1, -0.05) is 6.07 Å². The highest BCUT2D eigenvalue weighted by Gasteiger charge is 2.13. The summed E-state index contributed by atoms with van der Waals surface area (Å²) in [6, 6.07) is 3.86. The smallest absolute Gasteiger partial charge is 0.275 e. The zero-order valence-electron chi connectivity index (χ0n) is 11.1. The Labute approximate surface area is 111 Å². The highest BCUT2D eigenvalue weighted by atomic mass is 16.5. The van der Waals surface area contributed by atoms with Gasteiger partial charge >= 0.3 is 0 Å². The first-order valence-corrected chi connectivity index (χ1v) is 5.84. The molecule has 5 heteroatoms. The number of aromatic nitrogens is 2. The fourth-order valence-electron chi connectivity index (χ4n) is 1.92. The van der Waals surface area contributed by atoms with E-state index in [0.717, 1.165) is 11.1 Å². The largest absolute Gasteiger partial charge is 0.494 e. The van der Waals surface area contributed by atoms with Crippen LogP contribution >= 0.6 is 0 Å². The quantitative estimate of drug-likeness (QED) is 0.916. The first-order valence-electron chi connectivity index (χ1n) is 5.84. The van der Waals surface area contributed by atoms with E-state index in [9.17, 15) is 4.79 Å². The van der Waals surface area contributed by atoms with Crippen molar-refractivity contribution in [2.24, 2.45) is 0 Å². The lowest BCUT2D eigenvalue weighted by atomic mass is 10.1. The van der Waals surface area contributed by atoms with Crippen molar-refractivity contribution >= 4 is 11.6 Å². The normalized spacial score (nSPS) is 10.1. The second kappa shape index (κ2) is 5.48. The number of aryl methyl sites for hydroxylation is 2. The van der Waals surface area contributed by atoms with Crippen molar-refractivity contribution < 1.29 is 9.53 Å². The Bertz CT molecular complexity index is 597. The van der Waals surface area contributed by atoms with E-state index in [1.807, 2.05) is 26.0 Å². The molecule has 0 fully saturated rings. The van der Waals surface area contributed by atoms with Gasteiger partial charge in [-0.25, -0.2) is 4.98 Å². The number of benzene rings is 1. The van der Waals surface area contributed by atoms with E-state index in [0.29, 0.717) is 11.4 Å². The number of ether oxygens (including phenoxy) is 1. The number of amides is 1. The lowest BCUT2D eigenvalue weighted by Crippen LogP contribution is -2.14. The maximum atomic E-state index is 12.0. The average molecular weight is 257 g/mol. The summed E-state index contributed by atoms with van der Waals surface area (Å²) >= 11 is 0. The third-order valence-corrected chi connectivity index (χ3v) is 2.67. The van der Waals surface area contributed by atoms with Crippen molar-refractivity contribution in [3.8, 4) is 5.75 Å². The number of carbonyl (C=O) groups excluding carboxylic acids is 1. The van der Waals surface area contributed by atoms with Gasteiger partial charge in [-0.15, -0.1) is 0 Å². The van der Waals surface area contributed by atoms with Crippen molar-refractivity contribution in [1.29, 1.82) is 0 Å². The predicted molar refractivity (Wildman–Crippen MR) is 72.5 cm³/mol. The molecule has 0 saturated heterocycles. The molecule has 1 aromatic carbocycles. The third-order valence-electron chi connectivity index (χ3n) is 2.67. The number of anilines is 1. The Balaban J connectivity index is 2.31. The van der Waals surface area contributed by atoms with E-state index < -0.39 is 0 Å². The van der Waals surface area contributed by atoms with Crippen molar-refractivity contribution in [2.75, 3.05) is 12.4 Å². The second-order valence-electron chi connectivity index (χ2n) is 4.21. The van der Waals surface area contributed by atoms with Gasteiger partial charge in [-0.05, 0) is 31.0 Å². The molecule has 2 aromatic rings. The fraction of sp³-hybridized carbons (Fsp3) is 0.214. The molecule has 98 valence electrons. The standard InChI is InChI=1S/C14H15N3O2/c1-9-6-10(2)13(19-3)11(7-9)17-14(18)12-8-15-4-5-16-12/h4-8H,1-3H3,(H,17,18). The van der Waals surface area contributed by atoms with Gasteiger partial charge in [0.15, 0.2) is 0 Å². The molecule has 0 aliphatic rings. The van der Waals surface area contributed by atoms with E-state index in [1.54, 1.807) is 7.11 Å². The van der Waals surface area contributed by atoms with Crippen molar-refractivity contribution in [3.05, 3.63) is 47.5 Å². The Hall–Kier alpha value is -2.43. The van der Waals surface area contributed by atoms with Gasteiger partial charge in [0, 0.05) is 12.4 Å². The summed E-state index contributed by atoms with van der Waals surface area (Å²) in [5.41, 5.74) is 2.92. The molecule has 19 heavy (non-hydrogen) atoms. The summed E-state index contributed by atoms with van der Waals surface area (Å²) in [7, 11) is 1.58. The van der Waals surface area contributed by atoms with E-state index >= 15 is 0 Å². The van der Waals surface area contributed by atoms with Gasteiger partial charge in [0.1, 0.15) is 11.4 Å². The summed E-state index contributed by atoms with van der Waals surface area (Å²) in [5.74, 6) is 0.347. The zero-order chi connectivity index (χ0) is 13.8. The van der Waals surface area contributed by atoms with Crippen LogP contribution in [0.4, 0.5) is 5.69 Å². The van der Waals surface area contributed by atoms with Crippen LogP contribution in [0.2, 0.25) is 0 Å². The molecule has 0 aliphatic carbocycles. The molecular weight excluding hydrogens is 242 g/mol. The second-order valence-corrected chi connectivity index (χ2v) is 4.21. The van der Waals surface area contributed by atoms with Gasteiger partial charge in [0.05, 0.1) is 19.0 Å². The van der Waals surface area contributed by atoms with Crippen LogP contribution in [0.3, 0.4) is 0 Å². The molecule has 0 radical (unpaired) electrons. The molecule has 0 spiro atoms. The number of rotatable bonds is 3. The molecule has 0 aliphatic heterocycles. The summed E-state index contributed by atoms with van der Waals surface area (Å²) in [6.07, 6.45) is 4.42. The van der Waals surface area contributed by atoms with Gasteiger partial charge in [-0.3, -0.25) is 9.78 Å². The Morgan fingerprint density at radius 1 is 1.26 bits per heavy atom. The van der Waals surface area contributed by atoms with Gasteiger partial charge in [0.2, 0.25) is 0 Å². The summed E-state index contributed by atoms with van der Waals surface area (Å²) in [4.78, 5) is 19.9. The van der Waals surface area contributed by atoms with Gasteiger partial charge in [-0.2, -0.15) is 0 Å². The molecule has 5 nitrogen and oxygen atoms in total. The first-order chi connectivity index (χ1) is 9.11. The molecule has 0 atom stereocenters. The van der Waals surface area contributed by atoms with Gasteiger partial charge in [0.25, 0.3) is 5.91 Å². The minimum Gasteiger partial charge on any atom is -0.494 e. The highest BCUT2D eigenvalue weighted by Crippen LogP contribution is 2.30. The molecule has 1 N–H and O–H groups in total. The minimum atomic E-state index is -0.309. The van der Waals surface area contributed by atoms with E-state index in [4.69, 9.17) is 4.74 Å². The zero-order valence-corrected chi connectivity index (χ0v) is 11.1. The Morgan fingerprint density at radius 2 is 2.05 bits per heavy atom. The van der Waals surface area contributed by atoms with E-state index in [1.165, 1.54) is 18.6 Å². The van der Waals surface area contributed by atoms with Crippen LogP contribution in [-0.4, -0.2) is 23.0 Å². The molecular formula is C14H15N3O2. The molecule has 0 unspecified atom stereocenters. The van der Waals surface area contributed by atoms with Crippen LogP contribution in [0.5, 0.6) is 5.75 Å². The van der Waals surface area contributed by atoms with Crippen LogP contribution in [-0.2, 0) is 0 Å². The van der Waals surface area contributed by atoms with Crippen LogP contribution in [0, 0.1) is 13.8 Å². The molecule has 1 aromatic heterocycles. The number of nitrogens with one attached hydrogen (secondary N) is 1. The van der Waals surface area contributed by atoms with Crippen molar-refractivity contribution in [1.82, 2.24) is 9.97 Å². The molecule has 0 bridgehead atoms. The topological polar surface area (TPSA) is 64.1 Å². The number of methoxy groups -OCH3 is 1. The maximum absolute atomic E-state index is 12.0. The first kappa shape index (κ1) is 13.0. The summed E-state index contributed by atoms with van der Waals surface area (Å²) < 4.78 is 5.32.